The van der Waals surface area contributed by atoms with Gasteiger partial charge < -0.3 is 4.74 Å². The fourth-order valence-corrected chi connectivity index (χ4v) is 4.55. The number of ether oxygens (including phenoxy) is 1. The Morgan fingerprint density at radius 2 is 1.66 bits per heavy atom. The summed E-state index contributed by atoms with van der Waals surface area (Å²) in [6.45, 7) is 2.19. The maximum atomic E-state index is 13.5. The topological polar surface area (TPSA) is 107 Å². The van der Waals surface area contributed by atoms with Crippen LogP contribution in [0.25, 0.3) is 0 Å². The van der Waals surface area contributed by atoms with Crippen LogP contribution >= 0.6 is 23.2 Å². The van der Waals surface area contributed by atoms with Crippen molar-refractivity contribution in [1.29, 1.82) is 0 Å². The minimum atomic E-state index is -4.44. The van der Waals surface area contributed by atoms with Gasteiger partial charge in [-0.25, -0.2) is 8.42 Å². The molecule has 3 rings (SSSR count). The summed E-state index contributed by atoms with van der Waals surface area (Å²) in [4.78, 5) is 23.7. The second-order valence-electron chi connectivity index (χ2n) is 6.38. The monoisotopic (exact) mass is 494 g/mol. The zero-order valence-electron chi connectivity index (χ0n) is 16.6. The molecule has 11 heteroatoms. The molecule has 0 radical (unpaired) electrons. The molecule has 0 N–H and O–H groups in total. The highest BCUT2D eigenvalue weighted by molar-refractivity contribution is 7.93. The summed E-state index contributed by atoms with van der Waals surface area (Å²) in [5, 5.41) is 11.3. The normalized spacial score (nSPS) is 11.1. The van der Waals surface area contributed by atoms with E-state index in [1.165, 1.54) is 48.5 Å². The van der Waals surface area contributed by atoms with Crippen molar-refractivity contribution in [2.24, 2.45) is 0 Å². The predicted octanol–water partition coefficient (Wildman–Crippen LogP) is 5.34. The Kier molecular flexibility index (Phi) is 7.02. The Bertz CT molecular complexity index is 1260. The van der Waals surface area contributed by atoms with E-state index in [1.54, 1.807) is 6.92 Å². The van der Waals surface area contributed by atoms with E-state index in [9.17, 15) is 23.3 Å². The number of carbonyl (C=O) groups excluding carboxylic acids is 1. The Morgan fingerprint density at radius 3 is 2.22 bits per heavy atom. The van der Waals surface area contributed by atoms with Crippen molar-refractivity contribution in [2.45, 2.75) is 11.8 Å². The number of amides is 1. The average molecular weight is 495 g/mol. The molecular formula is C21H16Cl2N2O6S. The second-order valence-corrected chi connectivity index (χ2v) is 9.01. The van der Waals surface area contributed by atoms with Crippen LogP contribution in [0.5, 0.6) is 5.75 Å². The summed E-state index contributed by atoms with van der Waals surface area (Å²) < 4.78 is 32.8. The van der Waals surface area contributed by atoms with Gasteiger partial charge in [0.15, 0.2) is 0 Å². The fraction of sp³-hybridized carbons (Fsp3) is 0.0952. The van der Waals surface area contributed by atoms with Gasteiger partial charge in [0.1, 0.15) is 5.75 Å². The van der Waals surface area contributed by atoms with Crippen molar-refractivity contribution < 1.29 is 22.9 Å². The van der Waals surface area contributed by atoms with E-state index >= 15 is 0 Å². The number of anilines is 1. The first-order valence-corrected chi connectivity index (χ1v) is 11.4. The highest BCUT2D eigenvalue weighted by atomic mass is 35.5. The maximum absolute atomic E-state index is 13.5. The SMILES string of the molecule is CCOc1ccc(N(C(=O)c2cc([N+](=O)[O-])ccc2Cl)S(=O)(=O)c2ccc(Cl)cc2)cc1. The van der Waals surface area contributed by atoms with Gasteiger partial charge >= 0.3 is 0 Å². The lowest BCUT2D eigenvalue weighted by Gasteiger charge is -2.23. The quantitative estimate of drug-likeness (QED) is 0.324. The van der Waals surface area contributed by atoms with Crippen LogP contribution in [0.1, 0.15) is 17.3 Å². The number of sulfonamides is 1. The molecule has 0 saturated heterocycles. The summed E-state index contributed by atoms with van der Waals surface area (Å²) >= 11 is 12.0. The molecule has 32 heavy (non-hydrogen) atoms. The Hall–Kier alpha value is -3.14. The third-order valence-electron chi connectivity index (χ3n) is 4.31. The van der Waals surface area contributed by atoms with E-state index in [1.807, 2.05) is 0 Å². The standard InChI is InChI=1S/C21H16Cl2N2O6S/c1-2-31-17-8-5-15(6-9-17)24(32(29,30)18-10-3-14(22)4-11-18)21(26)19-13-16(25(27)28)7-12-20(19)23/h3-13H,2H2,1H3. The molecule has 3 aromatic rings. The zero-order valence-corrected chi connectivity index (χ0v) is 18.9. The largest absolute Gasteiger partial charge is 0.494 e. The fourth-order valence-electron chi connectivity index (χ4n) is 2.82. The van der Waals surface area contributed by atoms with Crippen LogP contribution in [-0.4, -0.2) is 25.9 Å². The number of hydrogen-bond acceptors (Lipinski definition) is 6. The van der Waals surface area contributed by atoms with Gasteiger partial charge in [0.2, 0.25) is 0 Å². The highest BCUT2D eigenvalue weighted by Gasteiger charge is 2.33. The zero-order chi connectivity index (χ0) is 23.5. The summed E-state index contributed by atoms with van der Waals surface area (Å²) in [5.74, 6) is -0.585. The minimum absolute atomic E-state index is 0.00373. The number of rotatable bonds is 7. The Morgan fingerprint density at radius 1 is 1.03 bits per heavy atom. The molecule has 0 bridgehead atoms. The smallest absolute Gasteiger partial charge is 0.274 e. The van der Waals surface area contributed by atoms with Crippen LogP contribution in [0.15, 0.2) is 71.6 Å². The van der Waals surface area contributed by atoms with Crippen molar-refractivity contribution >= 4 is 50.5 Å². The van der Waals surface area contributed by atoms with E-state index in [2.05, 4.69) is 0 Å². The van der Waals surface area contributed by atoms with Gasteiger partial charge in [-0.1, -0.05) is 23.2 Å². The Labute approximate surface area is 194 Å². The molecule has 0 aromatic heterocycles. The van der Waals surface area contributed by atoms with Gasteiger partial charge in [-0.3, -0.25) is 14.9 Å². The molecule has 0 fully saturated rings. The molecule has 8 nitrogen and oxygen atoms in total. The maximum Gasteiger partial charge on any atom is 0.274 e. The number of carbonyl (C=O) groups is 1. The predicted molar refractivity (Wildman–Crippen MR) is 121 cm³/mol. The highest BCUT2D eigenvalue weighted by Crippen LogP contribution is 2.31. The van der Waals surface area contributed by atoms with Gasteiger partial charge in [0.25, 0.3) is 21.6 Å². The van der Waals surface area contributed by atoms with Crippen molar-refractivity contribution in [2.75, 3.05) is 10.9 Å². The lowest BCUT2D eigenvalue weighted by molar-refractivity contribution is -0.384. The molecule has 0 spiro atoms. The number of hydrogen-bond donors (Lipinski definition) is 0. The molecule has 0 aliphatic carbocycles. The molecule has 0 atom stereocenters. The lowest BCUT2D eigenvalue weighted by atomic mass is 10.2. The van der Waals surface area contributed by atoms with Crippen molar-refractivity contribution in [3.8, 4) is 5.75 Å². The van der Waals surface area contributed by atoms with E-state index in [-0.39, 0.29) is 21.2 Å². The van der Waals surface area contributed by atoms with Gasteiger partial charge in [0.05, 0.1) is 32.7 Å². The molecule has 3 aromatic carbocycles. The molecular weight excluding hydrogens is 479 g/mol. The van der Waals surface area contributed by atoms with Gasteiger partial charge in [-0.15, -0.1) is 0 Å². The third-order valence-corrected chi connectivity index (χ3v) is 6.62. The number of nitro benzene ring substituents is 1. The average Bonchev–Trinajstić information content (AvgIpc) is 2.75. The van der Waals surface area contributed by atoms with Crippen LogP contribution in [0.4, 0.5) is 11.4 Å². The lowest BCUT2D eigenvalue weighted by Crippen LogP contribution is -2.37. The molecule has 0 unspecified atom stereocenters. The summed E-state index contributed by atoms with van der Waals surface area (Å²) in [6, 6.07) is 14.3. The number of nitro groups is 1. The molecule has 0 heterocycles. The van der Waals surface area contributed by atoms with Crippen molar-refractivity contribution in [1.82, 2.24) is 0 Å². The molecule has 1 amide bonds. The molecule has 0 aliphatic rings. The summed E-state index contributed by atoms with van der Waals surface area (Å²) in [7, 11) is -4.44. The molecule has 166 valence electrons. The van der Waals surface area contributed by atoms with E-state index in [0.717, 1.165) is 18.2 Å². The summed E-state index contributed by atoms with van der Waals surface area (Å²) in [5.41, 5.74) is -0.753. The molecule has 0 aliphatic heterocycles. The second kappa shape index (κ2) is 9.56. The molecule has 0 saturated carbocycles. The van der Waals surface area contributed by atoms with E-state index < -0.39 is 26.5 Å². The van der Waals surface area contributed by atoms with E-state index in [4.69, 9.17) is 27.9 Å². The number of halogens is 2. The van der Waals surface area contributed by atoms with Crippen molar-refractivity contribution in [3.05, 3.63) is 92.5 Å². The summed E-state index contributed by atoms with van der Waals surface area (Å²) in [6.07, 6.45) is 0. The van der Waals surface area contributed by atoms with Crippen LogP contribution in [-0.2, 0) is 10.0 Å². The minimum Gasteiger partial charge on any atom is -0.494 e. The first-order valence-electron chi connectivity index (χ1n) is 9.17. The van der Waals surface area contributed by atoms with Crippen LogP contribution < -0.4 is 9.04 Å². The van der Waals surface area contributed by atoms with Crippen LogP contribution in [0.2, 0.25) is 10.0 Å². The number of non-ortho nitro benzene ring substituents is 1. The van der Waals surface area contributed by atoms with Crippen LogP contribution in [0, 0.1) is 10.1 Å². The first-order chi connectivity index (χ1) is 15.1. The van der Waals surface area contributed by atoms with Crippen molar-refractivity contribution in [3.63, 3.8) is 0 Å². The van der Waals surface area contributed by atoms with Gasteiger partial charge in [-0.05, 0) is 61.5 Å². The van der Waals surface area contributed by atoms with Gasteiger partial charge in [-0.2, -0.15) is 4.31 Å². The van der Waals surface area contributed by atoms with Gasteiger partial charge in [0, 0.05) is 17.2 Å². The Balaban J connectivity index is 2.18. The number of benzene rings is 3. The van der Waals surface area contributed by atoms with E-state index in [0.29, 0.717) is 21.7 Å². The number of nitrogens with zero attached hydrogens (tertiary/aromatic N) is 2. The third kappa shape index (κ3) is 4.85. The van der Waals surface area contributed by atoms with Crippen LogP contribution in [0.3, 0.4) is 0 Å². The first kappa shape index (κ1) is 23.5.